The van der Waals surface area contributed by atoms with E-state index in [0.717, 1.165) is 0 Å². The molecule has 0 spiro atoms. The van der Waals surface area contributed by atoms with E-state index in [1.165, 1.54) is 12.1 Å². The van der Waals surface area contributed by atoms with Crippen LogP contribution in [0.4, 0.5) is 0 Å². The Hall–Kier alpha value is -1.56. The fraction of sp³-hybridized carbons (Fsp3) is 0.200. The summed E-state index contributed by atoms with van der Waals surface area (Å²) in [6.45, 7) is 1.97. The molecule has 112 valence electrons. The molecule has 21 heavy (non-hydrogen) atoms. The van der Waals surface area contributed by atoms with Crippen LogP contribution in [0.25, 0.3) is 0 Å². The van der Waals surface area contributed by atoms with E-state index in [1.807, 2.05) is 30.3 Å². The number of halogens is 1. The third-order valence-corrected chi connectivity index (χ3v) is 4.40. The lowest BCUT2D eigenvalue weighted by atomic mass is 10.3. The molecule has 2 aromatic rings. The molecule has 0 radical (unpaired) electrons. The van der Waals surface area contributed by atoms with Gasteiger partial charge in [-0.3, -0.25) is 0 Å². The minimum atomic E-state index is -3.58. The van der Waals surface area contributed by atoms with Crippen LogP contribution in [0.5, 0.6) is 5.75 Å². The molecule has 0 aliphatic rings. The van der Waals surface area contributed by atoms with Gasteiger partial charge in [0, 0.05) is 11.6 Å². The summed E-state index contributed by atoms with van der Waals surface area (Å²) in [6.07, 6.45) is -0.290. The van der Waals surface area contributed by atoms with Crippen LogP contribution < -0.4 is 9.46 Å². The molecule has 1 atom stereocenters. The average molecular weight is 326 g/mol. The van der Waals surface area contributed by atoms with E-state index < -0.39 is 10.0 Å². The molecule has 0 aliphatic heterocycles. The number of benzene rings is 2. The van der Waals surface area contributed by atoms with Gasteiger partial charge in [0.25, 0.3) is 0 Å². The predicted molar refractivity (Wildman–Crippen MR) is 83.2 cm³/mol. The Morgan fingerprint density at radius 1 is 1.14 bits per heavy atom. The number of para-hydroxylation sites is 1. The average Bonchev–Trinajstić information content (AvgIpc) is 2.46. The van der Waals surface area contributed by atoms with Gasteiger partial charge >= 0.3 is 0 Å². The Labute approximate surface area is 129 Å². The van der Waals surface area contributed by atoms with E-state index >= 15 is 0 Å². The zero-order valence-electron chi connectivity index (χ0n) is 11.5. The van der Waals surface area contributed by atoms with E-state index in [9.17, 15) is 8.42 Å². The number of hydrogen-bond donors (Lipinski definition) is 1. The van der Waals surface area contributed by atoms with Crippen LogP contribution in [-0.4, -0.2) is 21.1 Å². The molecule has 0 amide bonds. The highest BCUT2D eigenvalue weighted by atomic mass is 35.5. The third kappa shape index (κ3) is 4.74. The van der Waals surface area contributed by atoms with E-state index in [-0.39, 0.29) is 17.5 Å². The first kappa shape index (κ1) is 15.8. The van der Waals surface area contributed by atoms with Crippen molar-refractivity contribution >= 4 is 21.6 Å². The molecular weight excluding hydrogens is 310 g/mol. The smallest absolute Gasteiger partial charge is 0.240 e. The summed E-state index contributed by atoms with van der Waals surface area (Å²) < 4.78 is 32.4. The first-order valence-corrected chi connectivity index (χ1v) is 8.30. The van der Waals surface area contributed by atoms with Crippen molar-refractivity contribution in [2.45, 2.75) is 17.9 Å². The van der Waals surface area contributed by atoms with Gasteiger partial charge in [0.05, 0.1) is 4.90 Å². The fourth-order valence-corrected chi connectivity index (χ4v) is 3.13. The predicted octanol–water partition coefficient (Wildman–Crippen LogP) is 3.09. The van der Waals surface area contributed by atoms with Gasteiger partial charge in [0.1, 0.15) is 11.9 Å². The number of ether oxygens (including phenoxy) is 1. The Kier molecular flexibility index (Phi) is 5.22. The maximum absolute atomic E-state index is 12.1. The van der Waals surface area contributed by atoms with Crippen molar-refractivity contribution in [1.29, 1.82) is 0 Å². The van der Waals surface area contributed by atoms with Gasteiger partial charge in [-0.05, 0) is 37.3 Å². The maximum atomic E-state index is 12.1. The summed E-state index contributed by atoms with van der Waals surface area (Å²) >= 11 is 5.80. The second-order valence-corrected chi connectivity index (χ2v) is 6.75. The summed E-state index contributed by atoms with van der Waals surface area (Å²) in [5.74, 6) is 0.701. The van der Waals surface area contributed by atoms with Gasteiger partial charge in [-0.15, -0.1) is 0 Å². The van der Waals surface area contributed by atoms with Gasteiger partial charge in [-0.25, -0.2) is 13.1 Å². The van der Waals surface area contributed by atoms with Crippen LogP contribution in [0.1, 0.15) is 6.92 Å². The van der Waals surface area contributed by atoms with Crippen molar-refractivity contribution in [1.82, 2.24) is 4.72 Å². The van der Waals surface area contributed by atoms with Gasteiger partial charge in [-0.2, -0.15) is 0 Å². The molecule has 0 saturated heterocycles. The van der Waals surface area contributed by atoms with Gasteiger partial charge in [-0.1, -0.05) is 35.9 Å². The lowest BCUT2D eigenvalue weighted by Gasteiger charge is -2.15. The van der Waals surface area contributed by atoms with Crippen LogP contribution in [0.2, 0.25) is 5.02 Å². The quantitative estimate of drug-likeness (QED) is 0.888. The standard InChI is InChI=1S/C15H16ClNO3S/c1-12(20-14-7-3-2-4-8-14)11-17-21(18,19)15-9-5-6-13(16)10-15/h2-10,12,17H,11H2,1H3. The lowest BCUT2D eigenvalue weighted by Crippen LogP contribution is -2.33. The highest BCUT2D eigenvalue weighted by Gasteiger charge is 2.16. The first-order chi connectivity index (χ1) is 9.97. The second kappa shape index (κ2) is 6.93. The van der Waals surface area contributed by atoms with Crippen molar-refractivity contribution < 1.29 is 13.2 Å². The molecule has 2 aromatic carbocycles. The normalized spacial score (nSPS) is 12.9. The van der Waals surface area contributed by atoms with Crippen LogP contribution in [-0.2, 0) is 10.0 Å². The lowest BCUT2D eigenvalue weighted by molar-refractivity contribution is 0.225. The van der Waals surface area contributed by atoms with E-state index in [1.54, 1.807) is 19.1 Å². The summed E-state index contributed by atoms with van der Waals surface area (Å²) in [4.78, 5) is 0.141. The van der Waals surface area contributed by atoms with E-state index in [2.05, 4.69) is 4.72 Å². The molecule has 0 aliphatic carbocycles. The van der Waals surface area contributed by atoms with Crippen LogP contribution in [0, 0.1) is 0 Å². The monoisotopic (exact) mass is 325 g/mol. The molecule has 2 rings (SSSR count). The molecule has 0 fully saturated rings. The Balaban J connectivity index is 1.95. The molecule has 0 heterocycles. The molecule has 1 unspecified atom stereocenters. The van der Waals surface area contributed by atoms with Crippen LogP contribution in [0.3, 0.4) is 0 Å². The highest BCUT2D eigenvalue weighted by Crippen LogP contribution is 2.15. The molecule has 1 N–H and O–H groups in total. The van der Waals surface area contributed by atoms with E-state index in [0.29, 0.717) is 10.8 Å². The van der Waals surface area contributed by atoms with Crippen molar-refractivity contribution in [2.24, 2.45) is 0 Å². The third-order valence-electron chi connectivity index (χ3n) is 2.75. The minimum Gasteiger partial charge on any atom is -0.489 e. The molecule has 4 nitrogen and oxygen atoms in total. The Morgan fingerprint density at radius 2 is 1.86 bits per heavy atom. The SMILES string of the molecule is CC(CNS(=O)(=O)c1cccc(Cl)c1)Oc1ccccc1. The van der Waals surface area contributed by atoms with Gasteiger partial charge < -0.3 is 4.74 Å². The fourth-order valence-electron chi connectivity index (χ4n) is 1.72. The largest absolute Gasteiger partial charge is 0.489 e. The number of nitrogens with one attached hydrogen (secondary N) is 1. The molecule has 0 aromatic heterocycles. The van der Waals surface area contributed by atoms with Crippen LogP contribution >= 0.6 is 11.6 Å². The number of sulfonamides is 1. The summed E-state index contributed by atoms with van der Waals surface area (Å²) in [7, 11) is -3.58. The zero-order chi connectivity index (χ0) is 15.3. The Morgan fingerprint density at radius 3 is 2.52 bits per heavy atom. The van der Waals surface area contributed by atoms with Crippen molar-refractivity contribution in [3.05, 3.63) is 59.6 Å². The van der Waals surface area contributed by atoms with Crippen molar-refractivity contribution in [3.8, 4) is 5.75 Å². The molecule has 0 bridgehead atoms. The number of rotatable bonds is 6. The minimum absolute atomic E-state index is 0.141. The summed E-state index contributed by atoms with van der Waals surface area (Å²) in [5.41, 5.74) is 0. The second-order valence-electron chi connectivity index (χ2n) is 4.55. The zero-order valence-corrected chi connectivity index (χ0v) is 13.1. The maximum Gasteiger partial charge on any atom is 0.240 e. The van der Waals surface area contributed by atoms with Crippen LogP contribution in [0.15, 0.2) is 59.5 Å². The topological polar surface area (TPSA) is 55.4 Å². The molecule has 0 saturated carbocycles. The molecule has 6 heteroatoms. The highest BCUT2D eigenvalue weighted by molar-refractivity contribution is 7.89. The van der Waals surface area contributed by atoms with E-state index in [4.69, 9.17) is 16.3 Å². The summed E-state index contributed by atoms with van der Waals surface area (Å²) in [5, 5.41) is 0.381. The number of hydrogen-bond acceptors (Lipinski definition) is 3. The summed E-state index contributed by atoms with van der Waals surface area (Å²) in [6, 6.07) is 15.4. The van der Waals surface area contributed by atoms with Crippen molar-refractivity contribution in [3.63, 3.8) is 0 Å². The van der Waals surface area contributed by atoms with Crippen molar-refractivity contribution in [2.75, 3.05) is 6.54 Å². The van der Waals surface area contributed by atoms with Gasteiger partial charge in [0.15, 0.2) is 0 Å². The molecular formula is C15H16ClNO3S. The van der Waals surface area contributed by atoms with Gasteiger partial charge in [0.2, 0.25) is 10.0 Å². The first-order valence-electron chi connectivity index (χ1n) is 6.44. The Bertz CT molecular complexity index is 689.